The highest BCUT2D eigenvalue weighted by Gasteiger charge is 2.23. The number of nitriles is 1. The van der Waals surface area contributed by atoms with E-state index < -0.39 is 0 Å². The average Bonchev–Trinajstić information content (AvgIpc) is 3.24. The van der Waals surface area contributed by atoms with Crippen molar-refractivity contribution in [1.82, 2.24) is 19.5 Å². The van der Waals surface area contributed by atoms with Gasteiger partial charge in [-0.15, -0.1) is 0 Å². The van der Waals surface area contributed by atoms with Crippen LogP contribution >= 0.6 is 15.9 Å². The molecule has 0 aliphatic carbocycles. The van der Waals surface area contributed by atoms with Gasteiger partial charge in [-0.25, -0.2) is 4.52 Å². The van der Waals surface area contributed by atoms with Crippen LogP contribution in [-0.4, -0.2) is 32.6 Å². The van der Waals surface area contributed by atoms with Gasteiger partial charge in [0.2, 0.25) is 0 Å². The Morgan fingerprint density at radius 1 is 1.15 bits per heavy atom. The fourth-order valence-corrected chi connectivity index (χ4v) is 4.99. The second kappa shape index (κ2) is 9.74. The molecule has 1 atom stereocenters. The van der Waals surface area contributed by atoms with Crippen molar-refractivity contribution in [3.63, 3.8) is 0 Å². The van der Waals surface area contributed by atoms with Crippen molar-refractivity contribution in [2.24, 2.45) is 0 Å². The van der Waals surface area contributed by atoms with Crippen LogP contribution in [0.1, 0.15) is 41.0 Å². The van der Waals surface area contributed by atoms with Crippen LogP contribution in [0.4, 0.5) is 5.82 Å². The highest BCUT2D eigenvalue weighted by atomic mass is 79.9. The third-order valence-electron chi connectivity index (χ3n) is 6.30. The molecule has 33 heavy (non-hydrogen) atoms. The number of likely N-dealkylation sites (tertiary alicyclic amines) is 1. The Morgan fingerprint density at radius 3 is 2.91 bits per heavy atom. The number of hydrogen-bond acceptors (Lipinski definition) is 5. The molecule has 1 fully saturated rings. The van der Waals surface area contributed by atoms with Crippen molar-refractivity contribution >= 4 is 27.3 Å². The Labute approximate surface area is 202 Å². The van der Waals surface area contributed by atoms with Crippen molar-refractivity contribution in [3.05, 3.63) is 93.8 Å². The number of nitrogens with zero attached hydrogens (tertiary/aromatic N) is 5. The minimum absolute atomic E-state index is 0.429. The summed E-state index contributed by atoms with van der Waals surface area (Å²) in [4.78, 5) is 6.69. The molecule has 0 saturated carbocycles. The van der Waals surface area contributed by atoms with Crippen molar-refractivity contribution in [2.45, 2.75) is 31.8 Å². The lowest BCUT2D eigenvalue weighted by Crippen LogP contribution is -2.34. The van der Waals surface area contributed by atoms with Crippen LogP contribution in [0.2, 0.25) is 0 Å². The Hall–Kier alpha value is -3.21. The minimum Gasteiger partial charge on any atom is -0.366 e. The molecule has 0 spiro atoms. The SMILES string of the molecule is N#Cc1ccccc1CN1CCCC(c2cc(NCc3cccnc3)n3ncc(Br)c3c2)C1. The number of nitrogens with one attached hydrogen (secondary N) is 1. The van der Waals surface area contributed by atoms with E-state index in [1.165, 1.54) is 5.56 Å². The first-order valence-electron chi connectivity index (χ1n) is 11.2. The summed E-state index contributed by atoms with van der Waals surface area (Å²) in [6, 6.07) is 18.8. The van der Waals surface area contributed by atoms with E-state index >= 15 is 0 Å². The van der Waals surface area contributed by atoms with Gasteiger partial charge in [-0.3, -0.25) is 9.88 Å². The average molecular weight is 501 g/mol. The van der Waals surface area contributed by atoms with Gasteiger partial charge in [-0.05, 0) is 82.2 Å². The second-order valence-electron chi connectivity index (χ2n) is 8.52. The Balaban J connectivity index is 1.39. The predicted molar refractivity (Wildman–Crippen MR) is 133 cm³/mol. The largest absolute Gasteiger partial charge is 0.366 e. The molecular weight excluding hydrogens is 476 g/mol. The third-order valence-corrected chi connectivity index (χ3v) is 6.91. The maximum Gasteiger partial charge on any atom is 0.128 e. The molecule has 1 aliphatic heterocycles. The van der Waals surface area contributed by atoms with Crippen LogP contribution in [0.15, 0.2) is 71.6 Å². The van der Waals surface area contributed by atoms with E-state index in [9.17, 15) is 5.26 Å². The molecule has 0 bridgehead atoms. The predicted octanol–water partition coefficient (Wildman–Crippen LogP) is 5.36. The van der Waals surface area contributed by atoms with E-state index in [4.69, 9.17) is 0 Å². The van der Waals surface area contributed by atoms with Gasteiger partial charge in [0.1, 0.15) is 5.82 Å². The fourth-order valence-electron chi connectivity index (χ4n) is 4.61. The first kappa shape index (κ1) is 21.6. The number of halogens is 1. The van der Waals surface area contributed by atoms with E-state index in [0.717, 1.165) is 65.0 Å². The Bertz CT molecular complexity index is 1290. The molecule has 4 aromatic rings. The van der Waals surface area contributed by atoms with Crippen LogP contribution in [0.25, 0.3) is 5.52 Å². The molecule has 7 heteroatoms. The van der Waals surface area contributed by atoms with Crippen molar-refractivity contribution in [1.29, 1.82) is 5.26 Å². The van der Waals surface area contributed by atoms with Gasteiger partial charge in [0, 0.05) is 32.0 Å². The van der Waals surface area contributed by atoms with Crippen LogP contribution in [-0.2, 0) is 13.1 Å². The van der Waals surface area contributed by atoms with Crippen LogP contribution in [0.5, 0.6) is 0 Å². The van der Waals surface area contributed by atoms with Gasteiger partial charge in [-0.2, -0.15) is 10.4 Å². The van der Waals surface area contributed by atoms with Gasteiger partial charge in [0.25, 0.3) is 0 Å². The summed E-state index contributed by atoms with van der Waals surface area (Å²) in [6.45, 7) is 3.53. The first-order chi connectivity index (χ1) is 16.2. The summed E-state index contributed by atoms with van der Waals surface area (Å²) >= 11 is 3.67. The molecule has 4 heterocycles. The summed E-state index contributed by atoms with van der Waals surface area (Å²) in [5.41, 5.74) is 5.38. The van der Waals surface area contributed by atoms with Gasteiger partial charge >= 0.3 is 0 Å². The zero-order valence-electron chi connectivity index (χ0n) is 18.3. The minimum atomic E-state index is 0.429. The van der Waals surface area contributed by atoms with Gasteiger partial charge in [-0.1, -0.05) is 24.3 Å². The zero-order chi connectivity index (χ0) is 22.6. The van der Waals surface area contributed by atoms with Crippen LogP contribution in [0.3, 0.4) is 0 Å². The monoisotopic (exact) mass is 500 g/mol. The molecule has 0 radical (unpaired) electrons. The molecule has 6 nitrogen and oxygen atoms in total. The number of hydrogen-bond donors (Lipinski definition) is 1. The van der Waals surface area contributed by atoms with E-state index in [2.05, 4.69) is 66.6 Å². The number of aromatic nitrogens is 3. The van der Waals surface area contributed by atoms with Gasteiger partial charge in [0.15, 0.2) is 0 Å². The molecule has 166 valence electrons. The maximum atomic E-state index is 9.46. The van der Waals surface area contributed by atoms with E-state index in [1.54, 1.807) is 6.20 Å². The van der Waals surface area contributed by atoms with E-state index in [0.29, 0.717) is 12.5 Å². The van der Waals surface area contributed by atoms with Crippen molar-refractivity contribution in [2.75, 3.05) is 18.4 Å². The molecular formula is C26H25BrN6. The molecule has 3 aromatic heterocycles. The number of anilines is 1. The number of pyridine rings is 2. The molecule has 0 amide bonds. The number of piperidine rings is 1. The van der Waals surface area contributed by atoms with Crippen molar-refractivity contribution < 1.29 is 0 Å². The van der Waals surface area contributed by atoms with Crippen molar-refractivity contribution in [3.8, 4) is 6.07 Å². The Kier molecular flexibility index (Phi) is 6.38. The van der Waals surface area contributed by atoms with Crippen LogP contribution in [0, 0.1) is 11.3 Å². The standard InChI is InChI=1S/C26H25BrN6/c27-24-16-31-33-25(24)11-23(12-26(33)30-15-19-5-3-9-29-14-19)22-8-4-10-32(18-22)17-21-7-2-1-6-20(21)13-28/h1-3,5-7,9,11-12,14,16,22,30H,4,8,10,15,17-18H2. The maximum absolute atomic E-state index is 9.46. The lowest BCUT2D eigenvalue weighted by molar-refractivity contribution is 0.200. The molecule has 1 aromatic carbocycles. The quantitative estimate of drug-likeness (QED) is 0.386. The van der Waals surface area contributed by atoms with Gasteiger partial charge < -0.3 is 5.32 Å². The highest BCUT2D eigenvalue weighted by molar-refractivity contribution is 9.10. The zero-order valence-corrected chi connectivity index (χ0v) is 19.9. The summed E-state index contributed by atoms with van der Waals surface area (Å²) in [5.74, 6) is 1.41. The third kappa shape index (κ3) is 4.77. The Morgan fingerprint density at radius 2 is 2.06 bits per heavy atom. The first-order valence-corrected chi connectivity index (χ1v) is 12.0. The molecule has 1 N–H and O–H groups in total. The lowest BCUT2D eigenvalue weighted by Gasteiger charge is -2.33. The molecule has 1 saturated heterocycles. The topological polar surface area (TPSA) is 69.2 Å². The lowest BCUT2D eigenvalue weighted by atomic mass is 9.90. The molecule has 5 rings (SSSR count). The van der Waals surface area contributed by atoms with Crippen LogP contribution < -0.4 is 5.32 Å². The molecule has 1 aliphatic rings. The normalized spacial score (nSPS) is 16.5. The molecule has 1 unspecified atom stereocenters. The smallest absolute Gasteiger partial charge is 0.128 e. The summed E-state index contributed by atoms with van der Waals surface area (Å²) in [6.07, 6.45) is 7.81. The van der Waals surface area contributed by atoms with E-state index in [1.807, 2.05) is 41.2 Å². The highest BCUT2D eigenvalue weighted by Crippen LogP contribution is 2.32. The fraction of sp³-hybridized carbons (Fsp3) is 0.269. The number of rotatable bonds is 6. The number of fused-ring (bicyclic) bond motifs is 1. The summed E-state index contributed by atoms with van der Waals surface area (Å²) in [5, 5.41) is 17.6. The number of benzene rings is 1. The second-order valence-corrected chi connectivity index (χ2v) is 9.38. The summed E-state index contributed by atoms with van der Waals surface area (Å²) in [7, 11) is 0. The van der Waals surface area contributed by atoms with E-state index in [-0.39, 0.29) is 0 Å². The van der Waals surface area contributed by atoms with Gasteiger partial charge in [0.05, 0.1) is 27.8 Å². The summed E-state index contributed by atoms with van der Waals surface area (Å²) < 4.78 is 2.94.